The number of nitrogens with zero attached hydrogens (tertiary/aromatic N) is 1. The Balaban J connectivity index is 1.78. The number of rotatable bonds is 11. The maximum absolute atomic E-state index is 13.7. The highest BCUT2D eigenvalue weighted by Gasteiger charge is 2.45. The monoisotopic (exact) mass is 554 g/mol. The molecule has 1 aliphatic carbocycles. The maximum atomic E-state index is 13.7. The molecule has 0 bridgehead atoms. The number of carbonyl (C=O) groups is 4. The molecule has 39 heavy (non-hydrogen) atoms. The van der Waals surface area contributed by atoms with Gasteiger partial charge in [0, 0.05) is 30.8 Å². The molecule has 0 spiro atoms. The van der Waals surface area contributed by atoms with Crippen LogP contribution in [0.15, 0.2) is 42.6 Å². The molecule has 10 heteroatoms. The molecule has 2 amide bonds. The molecule has 0 saturated heterocycles. The molecule has 3 rings (SSSR count). The average Bonchev–Trinajstić information content (AvgIpc) is 3.36. The number of carbonyl (C=O) groups excluding carboxylic acids is 4. The van der Waals surface area contributed by atoms with E-state index in [4.69, 9.17) is 10.5 Å². The van der Waals surface area contributed by atoms with Crippen LogP contribution in [-0.4, -0.2) is 51.3 Å². The molecular weight excluding hydrogens is 516 g/mol. The predicted molar refractivity (Wildman–Crippen MR) is 153 cm³/mol. The van der Waals surface area contributed by atoms with E-state index in [-0.39, 0.29) is 30.0 Å². The number of amides is 2. The summed E-state index contributed by atoms with van der Waals surface area (Å²) in [6, 6.07) is 10.1. The Hall–Kier alpha value is -3.40. The number of nitrogen functional groups attached to an aromatic ring is 1. The van der Waals surface area contributed by atoms with Gasteiger partial charge in [-0.3, -0.25) is 19.4 Å². The zero-order valence-electron chi connectivity index (χ0n) is 23.0. The number of aromatic nitrogens is 1. The third kappa shape index (κ3) is 8.05. The van der Waals surface area contributed by atoms with Crippen LogP contribution in [-0.2, 0) is 30.3 Å². The van der Waals surface area contributed by atoms with Crippen molar-refractivity contribution in [2.24, 2.45) is 5.92 Å². The van der Waals surface area contributed by atoms with Gasteiger partial charge in [-0.05, 0) is 49.4 Å². The highest BCUT2D eigenvalue weighted by molar-refractivity contribution is 8.14. The Morgan fingerprint density at radius 3 is 2.41 bits per heavy atom. The molecule has 1 aliphatic rings. The van der Waals surface area contributed by atoms with Crippen molar-refractivity contribution < 1.29 is 23.9 Å². The molecular formula is C29H38N4O5S. The van der Waals surface area contributed by atoms with E-state index >= 15 is 0 Å². The lowest BCUT2D eigenvalue weighted by atomic mass is 9.94. The van der Waals surface area contributed by atoms with Crippen LogP contribution in [0.4, 0.5) is 5.69 Å². The second kappa shape index (κ2) is 13.6. The minimum absolute atomic E-state index is 0.101. The van der Waals surface area contributed by atoms with Crippen molar-refractivity contribution in [2.45, 2.75) is 76.6 Å². The molecule has 1 aromatic carbocycles. The van der Waals surface area contributed by atoms with Gasteiger partial charge < -0.3 is 21.1 Å². The van der Waals surface area contributed by atoms with E-state index in [1.807, 2.05) is 44.2 Å². The third-order valence-corrected chi connectivity index (χ3v) is 8.08. The number of nitrogens with two attached hydrogens (primary N) is 1. The number of esters is 1. The number of ether oxygens (including phenoxy) is 1. The largest absolute Gasteiger partial charge is 0.464 e. The van der Waals surface area contributed by atoms with Gasteiger partial charge in [-0.1, -0.05) is 56.7 Å². The first kappa shape index (κ1) is 30.1. The molecule has 2 aromatic rings. The topological polar surface area (TPSA) is 140 Å². The van der Waals surface area contributed by atoms with Crippen molar-refractivity contribution in [3.8, 4) is 11.3 Å². The number of benzene rings is 1. The second-order valence-corrected chi connectivity index (χ2v) is 11.5. The van der Waals surface area contributed by atoms with Crippen molar-refractivity contribution in [3.63, 3.8) is 0 Å². The van der Waals surface area contributed by atoms with Gasteiger partial charge >= 0.3 is 5.97 Å². The summed E-state index contributed by atoms with van der Waals surface area (Å²) in [7, 11) is 0. The Bertz CT molecular complexity index is 1180. The molecule has 4 N–H and O–H groups in total. The Morgan fingerprint density at radius 1 is 1.13 bits per heavy atom. The van der Waals surface area contributed by atoms with Gasteiger partial charge in [-0.2, -0.15) is 0 Å². The van der Waals surface area contributed by atoms with Crippen LogP contribution in [0.25, 0.3) is 11.3 Å². The van der Waals surface area contributed by atoms with Crippen LogP contribution in [0.1, 0.15) is 58.9 Å². The fourth-order valence-electron chi connectivity index (χ4n) is 4.75. The minimum atomic E-state index is -1.15. The maximum Gasteiger partial charge on any atom is 0.328 e. The summed E-state index contributed by atoms with van der Waals surface area (Å²) in [4.78, 5) is 56.0. The molecule has 0 aliphatic heterocycles. The van der Waals surface area contributed by atoms with E-state index < -0.39 is 28.7 Å². The number of nitrogens with one attached hydrogen (secondary N) is 2. The van der Waals surface area contributed by atoms with Crippen molar-refractivity contribution in [1.82, 2.24) is 15.6 Å². The summed E-state index contributed by atoms with van der Waals surface area (Å²) in [5.74, 6) is -1.43. The molecule has 1 fully saturated rings. The van der Waals surface area contributed by atoms with Gasteiger partial charge in [-0.25, -0.2) is 4.79 Å². The molecule has 1 unspecified atom stereocenters. The Labute approximate surface area is 234 Å². The lowest BCUT2D eigenvalue weighted by molar-refractivity contribution is -0.148. The van der Waals surface area contributed by atoms with Crippen LogP contribution < -0.4 is 16.4 Å². The van der Waals surface area contributed by atoms with E-state index in [0.717, 1.165) is 41.4 Å². The van der Waals surface area contributed by atoms with Gasteiger partial charge in [0.25, 0.3) is 0 Å². The number of hydrogen-bond donors (Lipinski definition) is 3. The Morgan fingerprint density at radius 2 is 1.85 bits per heavy atom. The van der Waals surface area contributed by atoms with E-state index in [0.29, 0.717) is 18.5 Å². The number of hydrogen-bond acceptors (Lipinski definition) is 8. The fraction of sp³-hybridized carbons (Fsp3) is 0.483. The SMILES string of the molecule is CCOC(=O)C(Cc1ccc(-c2cccc(N)c2)nc1)NC(=O)C1(NC(=O)[C@@H](SC(C)=O)C(C)C)CCCC1. The molecule has 2 atom stereocenters. The summed E-state index contributed by atoms with van der Waals surface area (Å²) in [6.45, 7) is 7.02. The van der Waals surface area contributed by atoms with Gasteiger partial charge in [-0.15, -0.1) is 0 Å². The average molecular weight is 555 g/mol. The van der Waals surface area contributed by atoms with E-state index in [9.17, 15) is 19.2 Å². The van der Waals surface area contributed by atoms with Crippen LogP contribution in [0.5, 0.6) is 0 Å². The van der Waals surface area contributed by atoms with Crippen molar-refractivity contribution in [2.75, 3.05) is 12.3 Å². The van der Waals surface area contributed by atoms with Crippen molar-refractivity contribution >= 4 is 40.3 Å². The highest BCUT2D eigenvalue weighted by Crippen LogP contribution is 2.32. The van der Waals surface area contributed by atoms with Gasteiger partial charge in [0.2, 0.25) is 11.8 Å². The fourth-order valence-corrected chi connectivity index (χ4v) is 5.54. The number of thioether (sulfide) groups is 1. The molecule has 1 heterocycles. The lowest BCUT2D eigenvalue weighted by Crippen LogP contribution is -2.61. The molecule has 9 nitrogen and oxygen atoms in total. The number of anilines is 1. The molecule has 1 saturated carbocycles. The Kier molecular flexibility index (Phi) is 10.5. The van der Waals surface area contributed by atoms with Crippen LogP contribution in [0.3, 0.4) is 0 Å². The van der Waals surface area contributed by atoms with Gasteiger partial charge in [0.1, 0.15) is 11.6 Å². The van der Waals surface area contributed by atoms with Gasteiger partial charge in [0.15, 0.2) is 5.12 Å². The molecule has 210 valence electrons. The lowest BCUT2D eigenvalue weighted by Gasteiger charge is -2.33. The smallest absolute Gasteiger partial charge is 0.328 e. The van der Waals surface area contributed by atoms with Crippen LogP contribution in [0.2, 0.25) is 0 Å². The van der Waals surface area contributed by atoms with Crippen molar-refractivity contribution in [1.29, 1.82) is 0 Å². The molecule has 0 radical (unpaired) electrons. The van der Waals surface area contributed by atoms with Crippen molar-refractivity contribution in [3.05, 3.63) is 48.2 Å². The summed E-state index contributed by atoms with van der Waals surface area (Å²) < 4.78 is 5.26. The first-order chi connectivity index (χ1) is 18.5. The van der Waals surface area contributed by atoms with E-state index in [1.165, 1.54) is 6.92 Å². The summed E-state index contributed by atoms with van der Waals surface area (Å²) in [6.07, 6.45) is 4.26. The van der Waals surface area contributed by atoms with E-state index in [1.54, 1.807) is 19.2 Å². The first-order valence-corrected chi connectivity index (χ1v) is 14.2. The molecule has 1 aromatic heterocycles. The van der Waals surface area contributed by atoms with Crippen LogP contribution >= 0.6 is 11.8 Å². The number of pyridine rings is 1. The summed E-state index contributed by atoms with van der Waals surface area (Å²) >= 11 is 0.966. The van der Waals surface area contributed by atoms with Gasteiger partial charge in [0.05, 0.1) is 17.6 Å². The van der Waals surface area contributed by atoms with Crippen LogP contribution in [0, 0.1) is 5.92 Å². The van der Waals surface area contributed by atoms with E-state index in [2.05, 4.69) is 15.6 Å². The third-order valence-electron chi connectivity index (χ3n) is 6.73. The predicted octanol–water partition coefficient (Wildman–Crippen LogP) is 3.65. The normalized spacial score (nSPS) is 15.8. The standard InChI is InChI=1S/C29H38N4O5S/c1-5-38-27(36)24(15-20-11-12-23(31-17-20)21-9-8-10-22(30)16-21)32-28(37)29(13-6-7-14-29)33-26(35)25(18(2)3)39-19(4)34/h8-12,16-18,24-25H,5-7,13-15,30H2,1-4H3,(H,32,37)(H,33,35)/t24?,25-/m0/s1. The zero-order chi connectivity index (χ0) is 28.6. The second-order valence-electron chi connectivity index (χ2n) is 10.2. The minimum Gasteiger partial charge on any atom is -0.464 e. The highest BCUT2D eigenvalue weighted by atomic mass is 32.2. The zero-order valence-corrected chi connectivity index (χ0v) is 23.8. The first-order valence-electron chi connectivity index (χ1n) is 13.3. The summed E-state index contributed by atoms with van der Waals surface area (Å²) in [5.41, 5.74) is 7.71. The summed E-state index contributed by atoms with van der Waals surface area (Å²) in [5, 5.41) is 5.03. The quantitative estimate of drug-likeness (QED) is 0.282.